The van der Waals surface area contributed by atoms with Crippen molar-refractivity contribution in [2.24, 2.45) is 0 Å². The van der Waals surface area contributed by atoms with Crippen LogP contribution < -0.4 is 10.2 Å². The predicted molar refractivity (Wildman–Crippen MR) is 102 cm³/mol. The van der Waals surface area contributed by atoms with Crippen LogP contribution in [0.15, 0.2) is 66.6 Å². The summed E-state index contributed by atoms with van der Waals surface area (Å²) in [5.74, 6) is -0.365. The Bertz CT molecular complexity index is 745. The molecule has 1 unspecified atom stereocenters. The van der Waals surface area contributed by atoms with E-state index in [4.69, 9.17) is 14.3 Å². The first kappa shape index (κ1) is 20.5. The van der Waals surface area contributed by atoms with E-state index in [-0.39, 0.29) is 6.42 Å². The third kappa shape index (κ3) is 7.52. The largest absolute Gasteiger partial charge is 0.479 e. The fourth-order valence-corrected chi connectivity index (χ4v) is 2.37. The smallest absolute Gasteiger partial charge is 0.333 e. The number of aliphatic carboxylic acids is 1. The number of hydrogen-bond acceptors (Lipinski definition) is 5. The van der Waals surface area contributed by atoms with Crippen molar-refractivity contribution in [2.45, 2.75) is 33.0 Å². The van der Waals surface area contributed by atoms with Gasteiger partial charge in [0.25, 0.3) is 0 Å². The van der Waals surface area contributed by atoms with E-state index >= 15 is 0 Å². The maximum atomic E-state index is 11.2. The normalized spacial score (nSPS) is 12.4. The Morgan fingerprint density at radius 2 is 1.89 bits per heavy atom. The van der Waals surface area contributed by atoms with Crippen molar-refractivity contribution >= 4 is 5.97 Å². The minimum atomic E-state index is -0.973. The van der Waals surface area contributed by atoms with Crippen LogP contribution in [0.25, 0.3) is 0 Å². The van der Waals surface area contributed by atoms with E-state index < -0.39 is 12.1 Å². The van der Waals surface area contributed by atoms with Crippen molar-refractivity contribution in [1.29, 1.82) is 0 Å². The molecule has 0 fully saturated rings. The predicted octanol–water partition coefficient (Wildman–Crippen LogP) is 3.68. The van der Waals surface area contributed by atoms with Gasteiger partial charge in [-0.15, -0.1) is 0 Å². The van der Waals surface area contributed by atoms with Crippen molar-refractivity contribution in [3.63, 3.8) is 0 Å². The monoisotopic (exact) mass is 371 g/mol. The molecule has 2 aromatic carbocycles. The Morgan fingerprint density at radius 3 is 2.59 bits per heavy atom. The van der Waals surface area contributed by atoms with Crippen LogP contribution >= 0.6 is 0 Å². The maximum Gasteiger partial charge on any atom is 0.333 e. The number of hydrogen-bond donors (Lipinski definition) is 2. The Kier molecular flexibility index (Phi) is 8.35. The molecule has 1 atom stereocenters. The zero-order valence-corrected chi connectivity index (χ0v) is 15.6. The van der Waals surface area contributed by atoms with E-state index in [1.54, 1.807) is 25.3 Å². The molecule has 0 aliphatic heterocycles. The van der Waals surface area contributed by atoms with Gasteiger partial charge in [0.15, 0.2) is 6.10 Å². The molecule has 0 amide bonds. The molecule has 0 aromatic heterocycles. The molecule has 0 bridgehead atoms. The number of carboxylic acid groups (broad SMARTS) is 1. The van der Waals surface area contributed by atoms with Crippen LogP contribution in [0.5, 0.6) is 5.75 Å². The van der Waals surface area contributed by atoms with Crippen LogP contribution in [0.4, 0.5) is 0 Å². The molecule has 6 nitrogen and oxygen atoms in total. The molecule has 2 rings (SSSR count). The highest BCUT2D eigenvalue weighted by Gasteiger charge is 2.18. The van der Waals surface area contributed by atoms with Gasteiger partial charge in [-0.3, -0.25) is 10.3 Å². The Morgan fingerprint density at radius 1 is 1.15 bits per heavy atom. The molecule has 0 saturated carbocycles. The summed E-state index contributed by atoms with van der Waals surface area (Å²) in [5.41, 5.74) is 5.41. The number of benzene rings is 2. The molecule has 6 heteroatoms. The summed E-state index contributed by atoms with van der Waals surface area (Å²) in [5, 5.41) is 9.19. The van der Waals surface area contributed by atoms with Gasteiger partial charge in [0.1, 0.15) is 12.0 Å². The summed E-state index contributed by atoms with van der Waals surface area (Å²) in [6.07, 6.45) is 0.957. The Balaban J connectivity index is 1.85. The van der Waals surface area contributed by atoms with Crippen LogP contribution in [0.2, 0.25) is 0 Å². The van der Waals surface area contributed by atoms with Gasteiger partial charge in [0.05, 0.1) is 12.3 Å². The molecule has 0 saturated heterocycles. The number of hydroxylamine groups is 1. The third-order valence-corrected chi connectivity index (χ3v) is 3.65. The molecule has 0 spiro atoms. The van der Waals surface area contributed by atoms with Gasteiger partial charge in [0.2, 0.25) is 0 Å². The first-order chi connectivity index (χ1) is 13.1. The molecule has 0 heterocycles. The highest BCUT2D eigenvalue weighted by molar-refractivity contribution is 5.72. The molecule has 144 valence electrons. The SMILES string of the molecule is CCOC(Cc1cccc(OC=C(C)NOCc2ccccc2)c1)C(=O)O. The maximum absolute atomic E-state index is 11.2. The molecule has 0 aliphatic rings. The first-order valence-electron chi connectivity index (χ1n) is 8.77. The van der Waals surface area contributed by atoms with Crippen LogP contribution in [-0.4, -0.2) is 23.8 Å². The number of rotatable bonds is 11. The van der Waals surface area contributed by atoms with Crippen LogP contribution in [0.3, 0.4) is 0 Å². The minimum absolute atomic E-state index is 0.279. The molecule has 2 aromatic rings. The molecular weight excluding hydrogens is 346 g/mol. The number of ether oxygens (including phenoxy) is 2. The van der Waals surface area contributed by atoms with Gasteiger partial charge < -0.3 is 14.6 Å². The summed E-state index contributed by atoms with van der Waals surface area (Å²) in [6, 6.07) is 17.1. The number of carboxylic acids is 1. The van der Waals surface area contributed by atoms with Crippen LogP contribution in [-0.2, 0) is 27.4 Å². The van der Waals surface area contributed by atoms with Crippen molar-refractivity contribution in [1.82, 2.24) is 5.48 Å². The lowest BCUT2D eigenvalue weighted by atomic mass is 10.1. The Labute approximate surface area is 159 Å². The van der Waals surface area contributed by atoms with Crippen molar-refractivity contribution in [3.05, 3.63) is 77.7 Å². The first-order valence-corrected chi connectivity index (χ1v) is 8.77. The summed E-state index contributed by atoms with van der Waals surface area (Å²) < 4.78 is 10.9. The van der Waals surface area contributed by atoms with Crippen LogP contribution in [0, 0.1) is 0 Å². The zero-order valence-electron chi connectivity index (χ0n) is 15.6. The number of carbonyl (C=O) groups is 1. The molecule has 2 N–H and O–H groups in total. The summed E-state index contributed by atoms with van der Waals surface area (Å²) >= 11 is 0. The van der Waals surface area contributed by atoms with Crippen molar-refractivity contribution in [3.8, 4) is 5.75 Å². The second-order valence-electron chi connectivity index (χ2n) is 5.93. The van der Waals surface area contributed by atoms with Gasteiger partial charge in [-0.2, -0.15) is 0 Å². The average Bonchev–Trinajstić information content (AvgIpc) is 2.67. The minimum Gasteiger partial charge on any atom is -0.479 e. The molecule has 0 aliphatic carbocycles. The van der Waals surface area contributed by atoms with Gasteiger partial charge in [-0.25, -0.2) is 4.79 Å². The highest BCUT2D eigenvalue weighted by atomic mass is 16.6. The van der Waals surface area contributed by atoms with E-state index in [1.165, 1.54) is 0 Å². The molecule has 0 radical (unpaired) electrons. The van der Waals surface area contributed by atoms with E-state index in [1.807, 2.05) is 49.4 Å². The van der Waals surface area contributed by atoms with Gasteiger partial charge in [0, 0.05) is 13.0 Å². The van der Waals surface area contributed by atoms with E-state index in [9.17, 15) is 9.90 Å². The van der Waals surface area contributed by atoms with Gasteiger partial charge >= 0.3 is 5.97 Å². The summed E-state index contributed by atoms with van der Waals surface area (Å²) in [6.45, 7) is 4.39. The topological polar surface area (TPSA) is 77.0 Å². The highest BCUT2D eigenvalue weighted by Crippen LogP contribution is 2.16. The zero-order chi connectivity index (χ0) is 19.5. The van der Waals surface area contributed by atoms with Crippen LogP contribution in [0.1, 0.15) is 25.0 Å². The van der Waals surface area contributed by atoms with Crippen molar-refractivity contribution < 1.29 is 24.2 Å². The average molecular weight is 371 g/mol. The number of nitrogens with one attached hydrogen (secondary N) is 1. The fourth-order valence-electron chi connectivity index (χ4n) is 2.37. The number of allylic oxidation sites excluding steroid dienone is 1. The molecule has 27 heavy (non-hydrogen) atoms. The Hall–Kier alpha value is -2.83. The lowest BCUT2D eigenvalue weighted by Gasteiger charge is -2.13. The fraction of sp³-hybridized carbons (Fsp3) is 0.286. The van der Waals surface area contributed by atoms with Gasteiger partial charge in [-0.05, 0) is 37.1 Å². The standard InChI is InChI=1S/C21H25NO5/c1-3-25-20(21(23)24)13-18-10-7-11-19(12-18)26-14-16(2)22-27-15-17-8-5-4-6-9-17/h4-12,14,20,22H,3,13,15H2,1-2H3,(H,23,24). The molecular formula is C21H25NO5. The summed E-state index contributed by atoms with van der Waals surface area (Å²) in [4.78, 5) is 16.6. The van der Waals surface area contributed by atoms with Crippen molar-refractivity contribution in [2.75, 3.05) is 6.61 Å². The van der Waals surface area contributed by atoms with E-state index in [2.05, 4.69) is 5.48 Å². The van der Waals surface area contributed by atoms with E-state index in [0.717, 1.165) is 11.1 Å². The third-order valence-electron chi connectivity index (χ3n) is 3.65. The van der Waals surface area contributed by atoms with E-state index in [0.29, 0.717) is 24.7 Å². The summed E-state index contributed by atoms with van der Waals surface area (Å²) in [7, 11) is 0. The second kappa shape index (κ2) is 11.0. The lowest BCUT2D eigenvalue weighted by molar-refractivity contribution is -0.149. The second-order valence-corrected chi connectivity index (χ2v) is 5.93. The quantitative estimate of drug-likeness (QED) is 0.463. The van der Waals surface area contributed by atoms with Gasteiger partial charge in [-0.1, -0.05) is 42.5 Å². The lowest BCUT2D eigenvalue weighted by Crippen LogP contribution is -2.26.